The van der Waals surface area contributed by atoms with Crippen molar-refractivity contribution in [1.29, 1.82) is 0 Å². The van der Waals surface area contributed by atoms with Crippen molar-refractivity contribution in [3.8, 4) is 22.6 Å². The van der Waals surface area contributed by atoms with Crippen molar-refractivity contribution in [2.24, 2.45) is 0 Å². The molecule has 21 heavy (non-hydrogen) atoms. The molecule has 0 atom stereocenters. The summed E-state index contributed by atoms with van der Waals surface area (Å²) < 4.78 is 0.964. The van der Waals surface area contributed by atoms with Crippen LogP contribution in [-0.2, 0) is 0 Å². The number of fused-ring (bicyclic) bond motifs is 2. The van der Waals surface area contributed by atoms with E-state index in [1.807, 2.05) is 36.4 Å². The number of nitrogens with zero attached hydrogens (tertiary/aromatic N) is 1. The van der Waals surface area contributed by atoms with Crippen LogP contribution < -0.4 is 15.3 Å². The zero-order chi connectivity index (χ0) is 14.4. The van der Waals surface area contributed by atoms with Gasteiger partial charge in [0.05, 0.1) is 10.5 Å². The van der Waals surface area contributed by atoms with E-state index in [0.29, 0.717) is 16.5 Å². The second-order valence-corrected chi connectivity index (χ2v) is 5.89. The molecule has 0 saturated heterocycles. The fourth-order valence-electron chi connectivity index (χ4n) is 2.28. The van der Waals surface area contributed by atoms with Crippen LogP contribution >= 0.6 is 27.5 Å². The van der Waals surface area contributed by atoms with Gasteiger partial charge in [-0.3, -0.25) is 4.98 Å². The van der Waals surface area contributed by atoms with Gasteiger partial charge in [0.15, 0.2) is 11.5 Å². The Labute approximate surface area is 133 Å². The van der Waals surface area contributed by atoms with Crippen molar-refractivity contribution < 1.29 is 9.68 Å². The maximum absolute atomic E-state index is 6.55. The van der Waals surface area contributed by atoms with Crippen molar-refractivity contribution in [1.82, 2.24) is 10.6 Å². The zero-order valence-electron chi connectivity index (χ0n) is 10.6. The minimum absolute atomic E-state index is 0.623. The quantitative estimate of drug-likeness (QED) is 0.691. The number of nitrogens with one attached hydrogen (secondary N) is 1. The van der Waals surface area contributed by atoms with Gasteiger partial charge in [0, 0.05) is 27.3 Å². The smallest absolute Gasteiger partial charge is 0.196 e. The normalized spacial score (nSPS) is 12.9. The molecule has 1 aliphatic heterocycles. The molecule has 4 nitrogen and oxygen atoms in total. The fourth-order valence-corrected chi connectivity index (χ4v) is 2.95. The van der Waals surface area contributed by atoms with E-state index in [1.54, 1.807) is 6.20 Å². The van der Waals surface area contributed by atoms with Crippen LogP contribution in [0.15, 0.2) is 47.1 Å². The second-order valence-electron chi connectivity index (χ2n) is 4.60. The Kier molecular flexibility index (Phi) is 2.99. The topological polar surface area (TPSA) is 43.4 Å². The highest BCUT2D eigenvalue weighted by Crippen LogP contribution is 2.39. The van der Waals surface area contributed by atoms with E-state index in [-0.39, 0.29) is 0 Å². The van der Waals surface area contributed by atoms with Gasteiger partial charge in [-0.05, 0) is 35.9 Å². The Morgan fingerprint density at radius 2 is 1.90 bits per heavy atom. The number of rotatable bonds is 1. The van der Waals surface area contributed by atoms with Gasteiger partial charge >= 0.3 is 0 Å². The molecular weight excluding hydrogens is 356 g/mol. The van der Waals surface area contributed by atoms with Crippen LogP contribution in [0.5, 0.6) is 11.5 Å². The SMILES string of the molecule is Clc1c(-c2ccc3c(c2)ONO3)cnc2ccc(Br)cc12. The molecule has 0 saturated carbocycles. The van der Waals surface area contributed by atoms with E-state index in [2.05, 4.69) is 26.6 Å². The van der Waals surface area contributed by atoms with Gasteiger partial charge in [0.25, 0.3) is 0 Å². The van der Waals surface area contributed by atoms with Gasteiger partial charge in [0.1, 0.15) is 0 Å². The van der Waals surface area contributed by atoms with Crippen LogP contribution in [0.2, 0.25) is 5.02 Å². The van der Waals surface area contributed by atoms with E-state index in [4.69, 9.17) is 21.3 Å². The lowest BCUT2D eigenvalue weighted by atomic mass is 10.0. The van der Waals surface area contributed by atoms with Crippen LogP contribution in [0.4, 0.5) is 0 Å². The number of halogens is 2. The zero-order valence-corrected chi connectivity index (χ0v) is 12.9. The second kappa shape index (κ2) is 4.87. The highest BCUT2D eigenvalue weighted by Gasteiger charge is 2.16. The number of aromatic nitrogens is 1. The van der Waals surface area contributed by atoms with Crippen molar-refractivity contribution in [2.75, 3.05) is 0 Å². The fraction of sp³-hybridized carbons (Fsp3) is 0. The van der Waals surface area contributed by atoms with Crippen molar-refractivity contribution in [2.45, 2.75) is 0 Å². The van der Waals surface area contributed by atoms with Gasteiger partial charge in [-0.1, -0.05) is 33.6 Å². The Morgan fingerprint density at radius 1 is 1.05 bits per heavy atom. The third kappa shape index (κ3) is 2.14. The lowest BCUT2D eigenvalue weighted by Gasteiger charge is -2.08. The highest BCUT2D eigenvalue weighted by molar-refractivity contribution is 9.10. The number of hydrogen-bond donors (Lipinski definition) is 1. The molecule has 0 aliphatic carbocycles. The van der Waals surface area contributed by atoms with Crippen LogP contribution in [0.25, 0.3) is 22.0 Å². The molecule has 1 aliphatic rings. The molecular formula is C15H8BrClN2O2. The molecule has 0 amide bonds. The molecule has 3 aromatic rings. The van der Waals surface area contributed by atoms with Crippen LogP contribution in [0, 0.1) is 0 Å². The number of pyridine rings is 1. The van der Waals surface area contributed by atoms with E-state index in [1.165, 1.54) is 0 Å². The van der Waals surface area contributed by atoms with Crippen molar-refractivity contribution in [3.63, 3.8) is 0 Å². The van der Waals surface area contributed by atoms with Gasteiger partial charge in [-0.15, -0.1) is 0 Å². The Hall–Kier alpha value is -1.82. The monoisotopic (exact) mass is 362 g/mol. The largest absolute Gasteiger partial charge is 0.370 e. The molecule has 6 heteroatoms. The Bertz CT molecular complexity index is 870. The average molecular weight is 364 g/mol. The predicted octanol–water partition coefficient (Wildman–Crippen LogP) is 4.51. The summed E-state index contributed by atoms with van der Waals surface area (Å²) in [4.78, 5) is 14.7. The molecule has 4 rings (SSSR count). The lowest BCUT2D eigenvalue weighted by molar-refractivity contribution is 0.0260. The number of benzene rings is 2. The molecule has 0 unspecified atom stereocenters. The first-order valence-electron chi connectivity index (χ1n) is 6.19. The first kappa shape index (κ1) is 12.9. The summed E-state index contributed by atoms with van der Waals surface area (Å²) in [5.41, 5.74) is 4.98. The first-order valence-corrected chi connectivity index (χ1v) is 7.36. The van der Waals surface area contributed by atoms with Crippen molar-refractivity contribution >= 4 is 38.4 Å². The molecule has 2 heterocycles. The summed E-state index contributed by atoms with van der Waals surface area (Å²) in [6.45, 7) is 0. The summed E-state index contributed by atoms with van der Waals surface area (Å²) in [5, 5.41) is 1.56. The Balaban J connectivity index is 1.92. The van der Waals surface area contributed by atoms with Crippen molar-refractivity contribution in [3.05, 3.63) is 52.1 Å². The maximum atomic E-state index is 6.55. The van der Waals surface area contributed by atoms with Crippen LogP contribution in [0.1, 0.15) is 0 Å². The molecule has 0 fully saturated rings. The Morgan fingerprint density at radius 3 is 2.81 bits per heavy atom. The molecule has 2 aromatic carbocycles. The summed E-state index contributed by atoms with van der Waals surface area (Å²) in [6, 6.07) is 11.4. The molecule has 1 aromatic heterocycles. The molecule has 0 radical (unpaired) electrons. The number of hydrogen-bond acceptors (Lipinski definition) is 4. The van der Waals surface area contributed by atoms with E-state index >= 15 is 0 Å². The molecule has 0 spiro atoms. The van der Waals surface area contributed by atoms with E-state index < -0.39 is 0 Å². The third-order valence-corrected chi connectivity index (χ3v) is 4.22. The average Bonchev–Trinajstić information content (AvgIpc) is 2.95. The van der Waals surface area contributed by atoms with E-state index in [9.17, 15) is 0 Å². The van der Waals surface area contributed by atoms with Gasteiger partial charge in [-0.2, -0.15) is 0 Å². The summed E-state index contributed by atoms with van der Waals surface area (Å²) >= 11 is 10.0. The van der Waals surface area contributed by atoms with Gasteiger partial charge < -0.3 is 9.68 Å². The van der Waals surface area contributed by atoms with Gasteiger partial charge in [0.2, 0.25) is 0 Å². The summed E-state index contributed by atoms with van der Waals surface area (Å²) in [7, 11) is 0. The standard InChI is InChI=1S/C15H8BrClN2O2/c16-9-2-3-12-10(6-9)15(17)11(7-18-12)8-1-4-13-14(5-8)21-19-20-13/h1-7,19H. The predicted molar refractivity (Wildman–Crippen MR) is 84.3 cm³/mol. The lowest BCUT2D eigenvalue weighted by Crippen LogP contribution is -2.14. The summed E-state index contributed by atoms with van der Waals surface area (Å²) in [6.07, 6.45) is 1.77. The molecule has 0 bridgehead atoms. The minimum Gasteiger partial charge on any atom is -0.370 e. The molecule has 104 valence electrons. The first-order chi connectivity index (χ1) is 10.2. The maximum Gasteiger partial charge on any atom is 0.196 e. The third-order valence-electron chi connectivity index (χ3n) is 3.32. The van der Waals surface area contributed by atoms with Crippen LogP contribution in [0.3, 0.4) is 0 Å². The summed E-state index contributed by atoms with van der Waals surface area (Å²) in [5.74, 6) is 1.27. The highest BCUT2D eigenvalue weighted by atomic mass is 79.9. The van der Waals surface area contributed by atoms with Crippen LogP contribution in [-0.4, -0.2) is 4.98 Å². The molecule has 1 N–H and O–H groups in total. The van der Waals surface area contributed by atoms with Gasteiger partial charge in [-0.25, -0.2) is 0 Å². The minimum atomic E-state index is 0.623. The van der Waals surface area contributed by atoms with E-state index in [0.717, 1.165) is 26.5 Å².